The van der Waals surface area contributed by atoms with Crippen molar-refractivity contribution in [1.82, 2.24) is 9.88 Å². The molecule has 3 atom stereocenters. The zero-order valence-electron chi connectivity index (χ0n) is 21.4. The topological polar surface area (TPSA) is 90.0 Å². The van der Waals surface area contributed by atoms with Gasteiger partial charge in [-0.2, -0.15) is 0 Å². The molecule has 8 nitrogen and oxygen atoms in total. The molecule has 8 heteroatoms. The maximum absolute atomic E-state index is 12.9. The third-order valence-corrected chi connectivity index (χ3v) is 7.20. The maximum Gasteiger partial charge on any atom is 0.321 e. The number of likely N-dealkylation sites (tertiary alicyclic amines) is 1. The van der Waals surface area contributed by atoms with Gasteiger partial charge >= 0.3 is 6.03 Å². The number of hydrogen-bond acceptors (Lipinski definition) is 6. The van der Waals surface area contributed by atoms with E-state index in [4.69, 9.17) is 9.72 Å². The number of carbonyl (C=O) groups excluding carboxylic acids is 1. The maximum atomic E-state index is 12.9. The number of rotatable bonds is 7. The molecular weight excluding hydrogens is 442 g/mol. The number of amides is 2. The van der Waals surface area contributed by atoms with Crippen LogP contribution >= 0.6 is 0 Å². The Morgan fingerprint density at radius 3 is 2.66 bits per heavy atom. The van der Waals surface area contributed by atoms with E-state index in [0.717, 1.165) is 67.2 Å². The SMILES string of the molecule is CC[C@@H]1CCN(C(=O)Nc2ccc(C)c(-c3cc(N[C@H](C)[C@@H](C)O)nc(N4CCOCC4)c3)c2)C1. The van der Waals surface area contributed by atoms with Crippen LogP contribution in [0.1, 0.15) is 39.2 Å². The van der Waals surface area contributed by atoms with Gasteiger partial charge in [-0.05, 0) is 74.1 Å². The van der Waals surface area contributed by atoms with Crippen LogP contribution in [0.4, 0.5) is 22.1 Å². The highest BCUT2D eigenvalue weighted by Crippen LogP contribution is 2.32. The highest BCUT2D eigenvalue weighted by atomic mass is 16.5. The minimum atomic E-state index is -0.509. The van der Waals surface area contributed by atoms with Gasteiger partial charge in [0.2, 0.25) is 0 Å². The molecule has 2 aliphatic heterocycles. The average molecular weight is 482 g/mol. The second-order valence-electron chi connectivity index (χ2n) is 9.84. The Hall–Kier alpha value is -2.84. The van der Waals surface area contributed by atoms with Gasteiger partial charge < -0.3 is 30.3 Å². The first-order chi connectivity index (χ1) is 16.8. The zero-order valence-corrected chi connectivity index (χ0v) is 21.4. The third kappa shape index (κ3) is 6.24. The number of morpholine rings is 1. The minimum Gasteiger partial charge on any atom is -0.391 e. The summed E-state index contributed by atoms with van der Waals surface area (Å²) >= 11 is 0. The molecule has 0 aliphatic carbocycles. The molecule has 3 N–H and O–H groups in total. The summed E-state index contributed by atoms with van der Waals surface area (Å²) in [7, 11) is 0. The molecule has 0 spiro atoms. The van der Waals surface area contributed by atoms with E-state index in [9.17, 15) is 9.90 Å². The number of aliphatic hydroxyl groups is 1. The molecule has 0 radical (unpaired) electrons. The van der Waals surface area contributed by atoms with Crippen LogP contribution in [0.5, 0.6) is 0 Å². The van der Waals surface area contributed by atoms with Crippen LogP contribution in [0.2, 0.25) is 0 Å². The molecular formula is C27H39N5O3. The molecule has 2 amide bonds. The number of carbonyl (C=O) groups is 1. The molecule has 0 bridgehead atoms. The summed E-state index contributed by atoms with van der Waals surface area (Å²) in [4.78, 5) is 21.8. The van der Waals surface area contributed by atoms with Gasteiger partial charge in [0, 0.05) is 31.9 Å². The summed E-state index contributed by atoms with van der Waals surface area (Å²) in [5.74, 6) is 2.19. The Bertz CT molecular complexity index is 1020. The number of aliphatic hydroxyl groups excluding tert-OH is 1. The molecule has 4 rings (SSSR count). The van der Waals surface area contributed by atoms with Crippen LogP contribution in [-0.2, 0) is 4.74 Å². The summed E-state index contributed by atoms with van der Waals surface area (Å²) in [5, 5.41) is 16.5. The number of aromatic nitrogens is 1. The highest BCUT2D eigenvalue weighted by molar-refractivity contribution is 5.91. The van der Waals surface area contributed by atoms with Crippen LogP contribution in [-0.4, -0.2) is 72.6 Å². The Morgan fingerprint density at radius 1 is 1.20 bits per heavy atom. The van der Waals surface area contributed by atoms with Gasteiger partial charge in [-0.15, -0.1) is 0 Å². The molecule has 0 saturated carbocycles. The lowest BCUT2D eigenvalue weighted by atomic mass is 10.00. The van der Waals surface area contributed by atoms with Gasteiger partial charge in [0.15, 0.2) is 0 Å². The van der Waals surface area contributed by atoms with Crippen LogP contribution in [0, 0.1) is 12.8 Å². The van der Waals surface area contributed by atoms with Crippen molar-refractivity contribution in [3.63, 3.8) is 0 Å². The summed E-state index contributed by atoms with van der Waals surface area (Å²) in [6, 6.07) is 9.99. The number of nitrogens with zero attached hydrogens (tertiary/aromatic N) is 3. The Balaban J connectivity index is 1.62. The molecule has 190 valence electrons. The van der Waals surface area contributed by atoms with E-state index >= 15 is 0 Å². The zero-order chi connectivity index (χ0) is 24.9. The molecule has 2 saturated heterocycles. The van der Waals surface area contributed by atoms with E-state index < -0.39 is 6.10 Å². The fourth-order valence-corrected chi connectivity index (χ4v) is 4.62. The smallest absolute Gasteiger partial charge is 0.321 e. The highest BCUT2D eigenvalue weighted by Gasteiger charge is 2.25. The summed E-state index contributed by atoms with van der Waals surface area (Å²) in [5.41, 5.74) is 3.96. The fourth-order valence-electron chi connectivity index (χ4n) is 4.62. The van der Waals surface area contributed by atoms with Gasteiger partial charge in [-0.3, -0.25) is 0 Å². The van der Waals surface area contributed by atoms with Crippen LogP contribution in [0.3, 0.4) is 0 Å². The van der Waals surface area contributed by atoms with Gasteiger partial charge in [0.1, 0.15) is 11.6 Å². The predicted octanol–water partition coefficient (Wildman–Crippen LogP) is 4.34. The summed E-state index contributed by atoms with van der Waals surface area (Å²) < 4.78 is 5.53. The quantitative estimate of drug-likeness (QED) is 0.545. The van der Waals surface area contributed by atoms with Crippen molar-refractivity contribution in [1.29, 1.82) is 0 Å². The van der Waals surface area contributed by atoms with E-state index in [0.29, 0.717) is 24.9 Å². The Kier molecular flexibility index (Phi) is 8.13. The summed E-state index contributed by atoms with van der Waals surface area (Å²) in [6.07, 6.45) is 1.67. The van der Waals surface area contributed by atoms with Crippen molar-refractivity contribution in [2.45, 2.75) is 52.7 Å². The standard InChI is InChI=1S/C27H39N5O3/c1-5-21-8-9-32(17-21)27(34)29-23-7-6-18(2)24(16-23)22-14-25(28-19(3)20(4)33)30-26(15-22)31-10-12-35-13-11-31/h6-7,14-16,19-21,33H,5,8-13,17H2,1-4H3,(H,28,30)(H,29,34)/t19-,20-,21-/m1/s1. The molecule has 0 unspecified atom stereocenters. The number of hydrogen-bond donors (Lipinski definition) is 3. The van der Waals surface area contributed by atoms with Gasteiger partial charge in [0.05, 0.1) is 25.4 Å². The van der Waals surface area contributed by atoms with Crippen molar-refractivity contribution in [3.8, 4) is 11.1 Å². The van der Waals surface area contributed by atoms with E-state index in [1.807, 2.05) is 36.1 Å². The minimum absolute atomic E-state index is 0.0346. The third-order valence-electron chi connectivity index (χ3n) is 7.20. The molecule has 1 aromatic heterocycles. The average Bonchev–Trinajstić information content (AvgIpc) is 3.35. The molecule has 35 heavy (non-hydrogen) atoms. The first-order valence-electron chi connectivity index (χ1n) is 12.8. The lowest BCUT2D eigenvalue weighted by molar-refractivity contribution is 0.122. The first kappa shape index (κ1) is 25.3. The number of urea groups is 1. The van der Waals surface area contributed by atoms with Gasteiger partial charge in [0.25, 0.3) is 0 Å². The fraction of sp³-hybridized carbons (Fsp3) is 0.556. The number of benzene rings is 1. The van der Waals surface area contributed by atoms with E-state index in [-0.39, 0.29) is 12.1 Å². The first-order valence-corrected chi connectivity index (χ1v) is 12.8. The van der Waals surface area contributed by atoms with E-state index in [1.54, 1.807) is 6.92 Å². The van der Waals surface area contributed by atoms with Crippen LogP contribution in [0.15, 0.2) is 30.3 Å². The predicted molar refractivity (Wildman–Crippen MR) is 141 cm³/mol. The number of nitrogens with one attached hydrogen (secondary N) is 2. The molecule has 1 aromatic carbocycles. The van der Waals surface area contributed by atoms with Crippen molar-refractivity contribution in [2.75, 3.05) is 54.9 Å². The lowest BCUT2D eigenvalue weighted by Gasteiger charge is -2.29. The molecule has 2 fully saturated rings. The normalized spacial score (nSPS) is 20.0. The number of aryl methyl sites for hydroxylation is 1. The number of pyridine rings is 1. The Morgan fingerprint density at radius 2 is 1.97 bits per heavy atom. The van der Waals surface area contributed by atoms with E-state index in [1.165, 1.54) is 0 Å². The van der Waals surface area contributed by atoms with Crippen molar-refractivity contribution >= 4 is 23.4 Å². The summed E-state index contributed by atoms with van der Waals surface area (Å²) in [6.45, 7) is 12.5. The van der Waals surface area contributed by atoms with Crippen LogP contribution in [0.25, 0.3) is 11.1 Å². The van der Waals surface area contributed by atoms with Gasteiger partial charge in [-0.1, -0.05) is 19.4 Å². The molecule has 2 aromatic rings. The monoisotopic (exact) mass is 481 g/mol. The van der Waals surface area contributed by atoms with Crippen LogP contribution < -0.4 is 15.5 Å². The van der Waals surface area contributed by atoms with Crippen molar-refractivity contribution < 1.29 is 14.6 Å². The molecule has 3 heterocycles. The number of anilines is 3. The van der Waals surface area contributed by atoms with Crippen molar-refractivity contribution in [3.05, 3.63) is 35.9 Å². The molecule has 2 aliphatic rings. The second-order valence-corrected chi connectivity index (χ2v) is 9.84. The van der Waals surface area contributed by atoms with Gasteiger partial charge in [-0.25, -0.2) is 9.78 Å². The van der Waals surface area contributed by atoms with E-state index in [2.05, 4.69) is 35.4 Å². The lowest BCUT2D eigenvalue weighted by Crippen LogP contribution is -2.37. The van der Waals surface area contributed by atoms with Crippen molar-refractivity contribution in [2.24, 2.45) is 5.92 Å². The largest absolute Gasteiger partial charge is 0.391 e. The number of ether oxygens (including phenoxy) is 1. The second kappa shape index (κ2) is 11.3. The Labute approximate surface area is 208 Å².